The van der Waals surface area contributed by atoms with E-state index in [1.165, 1.54) is 0 Å². The van der Waals surface area contributed by atoms with E-state index in [4.69, 9.17) is 4.74 Å². The number of esters is 1. The molecule has 1 N–H and O–H groups in total. The van der Waals surface area contributed by atoms with Gasteiger partial charge in [-0.05, 0) is 36.8 Å². The van der Waals surface area contributed by atoms with E-state index in [9.17, 15) is 4.79 Å². The van der Waals surface area contributed by atoms with E-state index in [1.54, 1.807) is 12.1 Å². The maximum Gasteiger partial charge on any atom is 0.338 e. The SMILES string of the molecule is CNc1ccc(C(=O)OC(C)c2ccccc2)cc1. The summed E-state index contributed by atoms with van der Waals surface area (Å²) in [6.07, 6.45) is -0.252. The van der Waals surface area contributed by atoms with E-state index in [-0.39, 0.29) is 12.1 Å². The van der Waals surface area contributed by atoms with Crippen LogP contribution in [0.1, 0.15) is 28.9 Å². The van der Waals surface area contributed by atoms with Gasteiger partial charge in [-0.2, -0.15) is 0 Å². The minimum atomic E-state index is -0.306. The highest BCUT2D eigenvalue weighted by atomic mass is 16.5. The Hall–Kier alpha value is -2.29. The molecule has 3 nitrogen and oxygen atoms in total. The third-order valence-corrected chi connectivity index (χ3v) is 2.96. The molecule has 0 aliphatic rings. The van der Waals surface area contributed by atoms with E-state index in [1.807, 2.05) is 56.4 Å². The Morgan fingerprint density at radius 3 is 2.26 bits per heavy atom. The first-order valence-corrected chi connectivity index (χ1v) is 6.24. The van der Waals surface area contributed by atoms with Crippen molar-refractivity contribution in [2.45, 2.75) is 13.0 Å². The van der Waals surface area contributed by atoms with Gasteiger partial charge in [0.25, 0.3) is 0 Å². The molecule has 0 aliphatic carbocycles. The molecule has 0 aliphatic heterocycles. The Kier molecular flexibility index (Phi) is 4.18. The molecule has 0 radical (unpaired) electrons. The second-order valence-corrected chi connectivity index (χ2v) is 4.29. The van der Waals surface area contributed by atoms with Gasteiger partial charge in [0.1, 0.15) is 6.10 Å². The van der Waals surface area contributed by atoms with Crippen molar-refractivity contribution in [1.82, 2.24) is 0 Å². The second-order valence-electron chi connectivity index (χ2n) is 4.29. The highest BCUT2D eigenvalue weighted by Gasteiger charge is 2.13. The van der Waals surface area contributed by atoms with Crippen LogP contribution in [0, 0.1) is 0 Å². The van der Waals surface area contributed by atoms with Crippen LogP contribution < -0.4 is 5.32 Å². The van der Waals surface area contributed by atoms with Crippen molar-refractivity contribution in [1.29, 1.82) is 0 Å². The molecule has 1 unspecified atom stereocenters. The van der Waals surface area contributed by atoms with Gasteiger partial charge in [-0.1, -0.05) is 30.3 Å². The van der Waals surface area contributed by atoms with Crippen LogP contribution in [0.3, 0.4) is 0 Å². The first kappa shape index (κ1) is 13.1. The van der Waals surface area contributed by atoms with Crippen molar-refractivity contribution in [3.05, 3.63) is 65.7 Å². The summed E-state index contributed by atoms with van der Waals surface area (Å²) in [5, 5.41) is 3.01. The van der Waals surface area contributed by atoms with E-state index in [0.29, 0.717) is 5.56 Å². The van der Waals surface area contributed by atoms with Crippen LogP contribution in [0.5, 0.6) is 0 Å². The summed E-state index contributed by atoms with van der Waals surface area (Å²) in [7, 11) is 1.84. The maximum atomic E-state index is 12.0. The fourth-order valence-electron chi connectivity index (χ4n) is 1.79. The summed E-state index contributed by atoms with van der Waals surface area (Å²) in [5.41, 5.74) is 2.51. The first-order valence-electron chi connectivity index (χ1n) is 6.24. The predicted octanol–water partition coefficient (Wildman–Crippen LogP) is 3.65. The largest absolute Gasteiger partial charge is 0.454 e. The highest BCUT2D eigenvalue weighted by molar-refractivity contribution is 5.90. The Morgan fingerprint density at radius 1 is 1.05 bits per heavy atom. The summed E-state index contributed by atoms with van der Waals surface area (Å²) in [6.45, 7) is 1.87. The number of carbonyl (C=O) groups excluding carboxylic acids is 1. The normalized spacial score (nSPS) is 11.7. The Balaban J connectivity index is 2.04. The van der Waals surface area contributed by atoms with Crippen LogP contribution in [-0.4, -0.2) is 13.0 Å². The molecule has 0 bridgehead atoms. The van der Waals surface area contributed by atoms with Gasteiger partial charge in [-0.25, -0.2) is 4.79 Å². The monoisotopic (exact) mass is 255 g/mol. The molecule has 0 aromatic heterocycles. The number of benzene rings is 2. The van der Waals surface area contributed by atoms with Gasteiger partial charge < -0.3 is 10.1 Å². The molecule has 0 fully saturated rings. The fraction of sp³-hybridized carbons (Fsp3) is 0.188. The van der Waals surface area contributed by atoms with Crippen molar-refractivity contribution < 1.29 is 9.53 Å². The van der Waals surface area contributed by atoms with Crippen molar-refractivity contribution in [2.24, 2.45) is 0 Å². The average Bonchev–Trinajstić information content (AvgIpc) is 2.48. The van der Waals surface area contributed by atoms with Crippen LogP contribution in [0.15, 0.2) is 54.6 Å². The van der Waals surface area contributed by atoms with Crippen molar-refractivity contribution in [3.8, 4) is 0 Å². The van der Waals surface area contributed by atoms with Crippen molar-refractivity contribution >= 4 is 11.7 Å². The standard InChI is InChI=1S/C16H17NO2/c1-12(13-6-4-3-5-7-13)19-16(18)14-8-10-15(17-2)11-9-14/h3-12,17H,1-2H3. The summed E-state index contributed by atoms with van der Waals surface area (Å²) < 4.78 is 5.44. The third-order valence-electron chi connectivity index (χ3n) is 2.96. The zero-order valence-corrected chi connectivity index (χ0v) is 11.1. The minimum Gasteiger partial charge on any atom is -0.454 e. The van der Waals surface area contributed by atoms with E-state index in [2.05, 4.69) is 5.32 Å². The van der Waals surface area contributed by atoms with Crippen LogP contribution in [0.25, 0.3) is 0 Å². The molecule has 19 heavy (non-hydrogen) atoms. The lowest BCUT2D eigenvalue weighted by Gasteiger charge is -2.13. The molecule has 98 valence electrons. The van der Waals surface area contributed by atoms with Crippen LogP contribution >= 0.6 is 0 Å². The lowest BCUT2D eigenvalue weighted by Crippen LogP contribution is -2.09. The van der Waals surface area contributed by atoms with Gasteiger partial charge in [0, 0.05) is 12.7 Å². The Morgan fingerprint density at radius 2 is 1.68 bits per heavy atom. The number of ether oxygens (including phenoxy) is 1. The molecule has 0 saturated heterocycles. The van der Waals surface area contributed by atoms with E-state index < -0.39 is 0 Å². The Bertz CT molecular complexity index is 534. The molecule has 1 atom stereocenters. The molecule has 0 amide bonds. The topological polar surface area (TPSA) is 38.3 Å². The van der Waals surface area contributed by atoms with Crippen LogP contribution in [0.4, 0.5) is 5.69 Å². The summed E-state index contributed by atoms with van der Waals surface area (Å²) in [6, 6.07) is 16.9. The molecular weight excluding hydrogens is 238 g/mol. The van der Waals surface area contributed by atoms with E-state index in [0.717, 1.165) is 11.3 Å². The second kappa shape index (κ2) is 6.05. The summed E-state index contributed by atoms with van der Waals surface area (Å²) in [5.74, 6) is -0.306. The van der Waals surface area contributed by atoms with E-state index >= 15 is 0 Å². The number of nitrogens with one attached hydrogen (secondary N) is 1. The summed E-state index contributed by atoms with van der Waals surface area (Å²) in [4.78, 5) is 12.0. The van der Waals surface area contributed by atoms with Gasteiger partial charge in [0.2, 0.25) is 0 Å². The van der Waals surface area contributed by atoms with Gasteiger partial charge >= 0.3 is 5.97 Å². The molecule has 3 heteroatoms. The molecule has 0 heterocycles. The number of rotatable bonds is 4. The van der Waals surface area contributed by atoms with Gasteiger partial charge in [-0.15, -0.1) is 0 Å². The molecule has 2 aromatic rings. The minimum absolute atomic E-state index is 0.252. The number of hydrogen-bond acceptors (Lipinski definition) is 3. The third kappa shape index (κ3) is 3.35. The molecule has 2 aromatic carbocycles. The Labute approximate surface area is 113 Å². The van der Waals surface area contributed by atoms with Gasteiger partial charge in [0.05, 0.1) is 5.56 Å². The van der Waals surface area contributed by atoms with Gasteiger partial charge in [-0.3, -0.25) is 0 Å². The zero-order chi connectivity index (χ0) is 13.7. The maximum absolute atomic E-state index is 12.0. The number of carbonyl (C=O) groups is 1. The number of hydrogen-bond donors (Lipinski definition) is 1. The van der Waals surface area contributed by atoms with Crippen LogP contribution in [0.2, 0.25) is 0 Å². The average molecular weight is 255 g/mol. The predicted molar refractivity (Wildman–Crippen MR) is 76.3 cm³/mol. The van der Waals surface area contributed by atoms with Crippen molar-refractivity contribution in [3.63, 3.8) is 0 Å². The highest BCUT2D eigenvalue weighted by Crippen LogP contribution is 2.18. The molecule has 0 spiro atoms. The lowest BCUT2D eigenvalue weighted by atomic mass is 10.1. The lowest BCUT2D eigenvalue weighted by molar-refractivity contribution is 0.0338. The smallest absolute Gasteiger partial charge is 0.338 e. The molecular formula is C16H17NO2. The van der Waals surface area contributed by atoms with Crippen molar-refractivity contribution in [2.75, 3.05) is 12.4 Å². The summed E-state index contributed by atoms with van der Waals surface area (Å²) >= 11 is 0. The van der Waals surface area contributed by atoms with Crippen LogP contribution in [-0.2, 0) is 4.74 Å². The van der Waals surface area contributed by atoms with Gasteiger partial charge in [0.15, 0.2) is 0 Å². The number of anilines is 1. The molecule has 2 rings (SSSR count). The quantitative estimate of drug-likeness (QED) is 0.847. The zero-order valence-electron chi connectivity index (χ0n) is 11.1. The molecule has 0 saturated carbocycles. The first-order chi connectivity index (χ1) is 9.20. The fourth-order valence-corrected chi connectivity index (χ4v) is 1.79.